The fourth-order valence-electron chi connectivity index (χ4n) is 3.31. The normalized spacial score (nSPS) is 19.0. The Morgan fingerprint density at radius 1 is 1.22 bits per heavy atom. The molecule has 2 N–H and O–H groups in total. The Labute approximate surface area is 223 Å². The highest BCUT2D eigenvalue weighted by molar-refractivity contribution is 6.30. The van der Waals surface area contributed by atoms with Crippen molar-refractivity contribution < 1.29 is 33.4 Å². The van der Waals surface area contributed by atoms with Crippen LogP contribution < -0.4 is 10.6 Å². The molecular formula is C25H28ClF2N5O4. The Balaban J connectivity index is 1.66. The summed E-state index contributed by atoms with van der Waals surface area (Å²) in [5.74, 6) is -8.16. The Morgan fingerprint density at radius 3 is 2.41 bits per heavy atom. The zero-order valence-corrected chi connectivity index (χ0v) is 21.0. The number of ether oxygens (including phenoxy) is 1. The molecule has 198 valence electrons. The third kappa shape index (κ3) is 6.46. The van der Waals surface area contributed by atoms with Crippen LogP contribution in [-0.4, -0.2) is 64.4 Å². The fourth-order valence-corrected chi connectivity index (χ4v) is 3.54. The van der Waals surface area contributed by atoms with E-state index in [0.717, 1.165) is 0 Å². The summed E-state index contributed by atoms with van der Waals surface area (Å²) < 4.78 is 70.2. The molecule has 0 bridgehead atoms. The third-order valence-corrected chi connectivity index (χ3v) is 5.84. The predicted octanol–water partition coefficient (Wildman–Crippen LogP) is 3.86. The first-order valence-corrected chi connectivity index (χ1v) is 11.9. The second kappa shape index (κ2) is 10.4. The van der Waals surface area contributed by atoms with Gasteiger partial charge < -0.3 is 15.4 Å². The second-order valence-corrected chi connectivity index (χ2v) is 10.1. The van der Waals surface area contributed by atoms with Gasteiger partial charge >= 0.3 is 0 Å². The summed E-state index contributed by atoms with van der Waals surface area (Å²) in [5.41, 5.74) is -1.43. The van der Waals surface area contributed by atoms with E-state index in [1.165, 1.54) is 30.3 Å². The Morgan fingerprint density at radius 2 is 1.84 bits per heavy atom. The van der Waals surface area contributed by atoms with Crippen LogP contribution in [0.1, 0.15) is 71.4 Å². The number of nitrogens with zero attached hydrogens (tertiary/aromatic N) is 3. The molecule has 3 amide bonds. The van der Waals surface area contributed by atoms with E-state index >= 15 is 8.78 Å². The van der Waals surface area contributed by atoms with E-state index in [1.807, 2.05) is 0 Å². The molecule has 1 aromatic carbocycles. The van der Waals surface area contributed by atoms with Gasteiger partial charge in [0.15, 0.2) is 11.0 Å². The van der Waals surface area contributed by atoms with Crippen LogP contribution in [0.3, 0.4) is 0 Å². The number of alkyl halides is 2. The van der Waals surface area contributed by atoms with Crippen molar-refractivity contribution in [2.24, 2.45) is 5.41 Å². The molecule has 0 spiro atoms. The molecule has 4 rings (SSSR count). The van der Waals surface area contributed by atoms with E-state index in [1.54, 1.807) is 20.8 Å². The number of imide groups is 1. The Kier molecular flexibility index (Phi) is 6.18. The number of hydrogen-bond donors (Lipinski definition) is 2. The quantitative estimate of drug-likeness (QED) is 0.441. The molecule has 1 aromatic heterocycles. The number of aromatic nitrogens is 2. The van der Waals surface area contributed by atoms with Gasteiger partial charge in [-0.25, -0.2) is 8.78 Å². The van der Waals surface area contributed by atoms with Crippen LogP contribution in [0, 0.1) is 5.41 Å². The molecule has 0 unspecified atom stereocenters. The lowest BCUT2D eigenvalue weighted by molar-refractivity contribution is -0.123. The summed E-state index contributed by atoms with van der Waals surface area (Å²) in [6, 6.07) is 4.93. The summed E-state index contributed by atoms with van der Waals surface area (Å²) in [5, 5.41) is 11.8. The van der Waals surface area contributed by atoms with Gasteiger partial charge in [-0.1, -0.05) is 44.5 Å². The summed E-state index contributed by atoms with van der Waals surface area (Å²) in [7, 11) is 0. The van der Waals surface area contributed by atoms with Gasteiger partial charge in [-0.15, -0.1) is 10.2 Å². The summed E-state index contributed by atoms with van der Waals surface area (Å²) in [6.07, 6.45) is 1.21. The number of carbonyl (C=O) groups is 3. The monoisotopic (exact) mass is 539 g/mol. The molecule has 2 aliphatic rings. The SMILES string of the molecule is [2H]C([2H])(N[C@H](COC1CC1)c1cc(NC(=O)C(C)(C)C)nnc1Cl)C(F)(F)C([2H])([2H])N1C(=O)c2ccccc2C1=O. The van der Waals surface area contributed by atoms with E-state index in [4.69, 9.17) is 21.8 Å². The number of anilines is 1. The molecule has 1 aliphatic heterocycles. The first-order valence-electron chi connectivity index (χ1n) is 13.5. The highest BCUT2D eigenvalue weighted by atomic mass is 35.5. The lowest BCUT2D eigenvalue weighted by atomic mass is 9.96. The van der Waals surface area contributed by atoms with Crippen molar-refractivity contribution in [1.82, 2.24) is 20.4 Å². The van der Waals surface area contributed by atoms with Crippen molar-refractivity contribution in [1.29, 1.82) is 0 Å². The molecule has 9 nitrogen and oxygen atoms in total. The van der Waals surface area contributed by atoms with Crippen molar-refractivity contribution in [3.63, 3.8) is 0 Å². The number of fused-ring (bicyclic) bond motifs is 1. The smallest absolute Gasteiger partial charge is 0.278 e. The predicted molar refractivity (Wildman–Crippen MR) is 132 cm³/mol. The number of carbonyl (C=O) groups excluding carboxylic acids is 3. The van der Waals surface area contributed by atoms with E-state index < -0.39 is 48.1 Å². The average Bonchev–Trinajstić information content (AvgIpc) is 3.67. The minimum atomic E-state index is -5.00. The number of benzene rings is 1. The molecule has 1 aliphatic carbocycles. The highest BCUT2D eigenvalue weighted by Gasteiger charge is 2.42. The summed E-state index contributed by atoms with van der Waals surface area (Å²) >= 11 is 6.21. The van der Waals surface area contributed by atoms with Crippen molar-refractivity contribution >= 4 is 35.1 Å². The maximum absolute atomic E-state index is 15.9. The van der Waals surface area contributed by atoms with Crippen molar-refractivity contribution in [3.05, 3.63) is 52.2 Å². The van der Waals surface area contributed by atoms with Gasteiger partial charge in [-0.3, -0.25) is 19.3 Å². The van der Waals surface area contributed by atoms with Gasteiger partial charge in [0.2, 0.25) is 5.91 Å². The number of nitrogens with one attached hydrogen (secondary N) is 2. The highest BCUT2D eigenvalue weighted by Crippen LogP contribution is 2.30. The van der Waals surface area contributed by atoms with Crippen molar-refractivity contribution in [2.75, 3.05) is 24.9 Å². The van der Waals surface area contributed by atoms with E-state index in [9.17, 15) is 14.4 Å². The van der Waals surface area contributed by atoms with Crippen LogP contribution >= 0.6 is 11.6 Å². The lowest BCUT2D eigenvalue weighted by Gasteiger charge is -2.26. The molecule has 12 heteroatoms. The van der Waals surface area contributed by atoms with E-state index in [2.05, 4.69) is 20.8 Å². The summed E-state index contributed by atoms with van der Waals surface area (Å²) in [4.78, 5) is 37.8. The first kappa shape index (κ1) is 22.0. The van der Waals surface area contributed by atoms with Gasteiger partial charge in [0.05, 0.1) is 45.6 Å². The zero-order valence-electron chi connectivity index (χ0n) is 24.3. The van der Waals surface area contributed by atoms with Gasteiger partial charge in [0, 0.05) is 13.7 Å². The van der Waals surface area contributed by atoms with Crippen molar-refractivity contribution in [3.8, 4) is 0 Å². The number of rotatable bonds is 10. The van der Waals surface area contributed by atoms with Gasteiger partial charge in [0.1, 0.15) is 0 Å². The molecule has 1 fully saturated rings. The minimum Gasteiger partial charge on any atom is -0.376 e. The van der Waals surface area contributed by atoms with Crippen LogP contribution in [0.15, 0.2) is 30.3 Å². The largest absolute Gasteiger partial charge is 0.376 e. The number of amides is 3. The van der Waals surface area contributed by atoms with Gasteiger partial charge in [-0.2, -0.15) is 0 Å². The van der Waals surface area contributed by atoms with E-state index in [-0.39, 0.29) is 45.3 Å². The van der Waals surface area contributed by atoms with Gasteiger partial charge in [-0.05, 0) is 31.0 Å². The second-order valence-electron chi connectivity index (χ2n) is 9.71. The topological polar surface area (TPSA) is 114 Å². The first-order chi connectivity index (χ1) is 18.9. The Bertz CT molecular complexity index is 1350. The number of halogens is 3. The molecular weight excluding hydrogens is 508 g/mol. The lowest BCUT2D eigenvalue weighted by Crippen LogP contribution is -2.47. The van der Waals surface area contributed by atoms with E-state index in [0.29, 0.717) is 12.8 Å². The fraction of sp³-hybridized carbons (Fsp3) is 0.480. The molecule has 37 heavy (non-hydrogen) atoms. The van der Waals surface area contributed by atoms with Gasteiger partial charge in [0.25, 0.3) is 17.7 Å². The van der Waals surface area contributed by atoms with Crippen LogP contribution in [0.5, 0.6) is 0 Å². The minimum absolute atomic E-state index is 0.0625. The summed E-state index contributed by atoms with van der Waals surface area (Å²) in [6.45, 7) is -3.41. The maximum Gasteiger partial charge on any atom is 0.278 e. The third-order valence-electron chi connectivity index (χ3n) is 5.55. The molecule has 1 saturated carbocycles. The zero-order chi connectivity index (χ0) is 30.5. The molecule has 0 radical (unpaired) electrons. The van der Waals surface area contributed by atoms with Crippen LogP contribution in [0.4, 0.5) is 14.6 Å². The van der Waals surface area contributed by atoms with Crippen molar-refractivity contribution in [2.45, 2.75) is 51.7 Å². The Hall–Kier alpha value is -3.02. The van der Waals surface area contributed by atoms with Crippen LogP contribution in [-0.2, 0) is 9.53 Å². The molecule has 0 saturated heterocycles. The maximum atomic E-state index is 15.9. The molecule has 1 atom stereocenters. The molecule has 2 aromatic rings. The van der Waals surface area contributed by atoms with Crippen LogP contribution in [0.25, 0.3) is 0 Å². The van der Waals surface area contributed by atoms with Crippen LogP contribution in [0.2, 0.25) is 5.15 Å². The average molecular weight is 540 g/mol. The molecule has 2 heterocycles. The standard InChI is InChI=1S/C25H28ClF2N5O4/c1-24(2,3)23(36)30-19-10-17(20(26)32-31-19)18(11-37-14-8-9-14)29-12-25(27,28)13-33-21(34)15-6-4-5-7-16(15)22(33)35/h4-7,10,14,18,29H,8-9,11-13H2,1-3H3,(H,30,31,36)/t18-/m1/s1/i12D2,13D2. The number of hydrogen-bond acceptors (Lipinski definition) is 7.